The SMILES string of the molecule is OC[C@H]1O[C@H](O[C@@H]2[C@@H](O)[C@@H](O[C@@H]3[C@@H](O)[C@@H](O[C@@H]4[C@@H](O)[C@H](O)O[C@H](CO)[C@H]4O)O[C@H](CO)[C@H]3O)O[C@H](CO)[C@H]2O)[C@H](O)[C@@H](O)[C@@H]1O. The van der Waals surface area contributed by atoms with Crippen LogP contribution in [0.5, 0.6) is 0 Å². The second-order valence-electron chi connectivity index (χ2n) is 11.1. The van der Waals surface area contributed by atoms with Crippen LogP contribution >= 0.6 is 0 Å². The van der Waals surface area contributed by atoms with Gasteiger partial charge in [0.2, 0.25) is 0 Å². The van der Waals surface area contributed by atoms with E-state index in [9.17, 15) is 71.5 Å². The second-order valence-corrected chi connectivity index (χ2v) is 11.1. The normalized spacial score (nSPS) is 52.9. The van der Waals surface area contributed by atoms with Gasteiger partial charge in [0.15, 0.2) is 25.2 Å². The zero-order chi connectivity index (χ0) is 33.3. The summed E-state index contributed by atoms with van der Waals surface area (Å²) in [7, 11) is 0. The standard InChI is InChI=1S/C24H42O21/c25-1-5-9(29)13(33)14(34)22(40-5)44-19-11(31)7(3-27)42-24(16(19)36)45-20-12(32)8(4-28)41-23(17(20)37)43-18-10(30)6(2-26)39-21(38)15(18)35/h5-38H,1-4H2/t5-,6-,7-,8-,9-,10-,11-,12-,13+,14-,15-,16-,17-,18+,19+,20+,21-,22-,23-,24-/m1/s1. The fourth-order valence-corrected chi connectivity index (χ4v) is 5.53. The Morgan fingerprint density at radius 1 is 0.333 bits per heavy atom. The van der Waals surface area contributed by atoms with Gasteiger partial charge in [-0.1, -0.05) is 0 Å². The molecule has 21 heteroatoms. The third-order valence-electron chi connectivity index (χ3n) is 8.21. The van der Waals surface area contributed by atoms with Crippen molar-refractivity contribution in [2.24, 2.45) is 0 Å². The first-order valence-corrected chi connectivity index (χ1v) is 14.1. The van der Waals surface area contributed by atoms with Gasteiger partial charge in [-0.2, -0.15) is 0 Å². The summed E-state index contributed by atoms with van der Waals surface area (Å²) in [6.07, 6.45) is -36.1. The molecule has 0 aromatic heterocycles. The van der Waals surface area contributed by atoms with E-state index in [2.05, 4.69) is 0 Å². The van der Waals surface area contributed by atoms with Crippen molar-refractivity contribution in [1.82, 2.24) is 0 Å². The molecule has 264 valence electrons. The van der Waals surface area contributed by atoms with Crippen LogP contribution in [-0.4, -0.2) is 221 Å². The summed E-state index contributed by atoms with van der Waals surface area (Å²) in [4.78, 5) is 0. The number of aliphatic hydroxyl groups excluding tert-OH is 14. The van der Waals surface area contributed by atoms with Gasteiger partial charge in [-0.05, 0) is 0 Å². The van der Waals surface area contributed by atoms with E-state index in [0.717, 1.165) is 0 Å². The molecule has 4 heterocycles. The molecule has 45 heavy (non-hydrogen) atoms. The van der Waals surface area contributed by atoms with Gasteiger partial charge in [0, 0.05) is 0 Å². The molecule has 0 unspecified atom stereocenters. The summed E-state index contributed by atoms with van der Waals surface area (Å²) in [6, 6.07) is 0. The Kier molecular flexibility index (Phi) is 12.8. The highest BCUT2D eigenvalue weighted by atomic mass is 16.8. The van der Waals surface area contributed by atoms with E-state index in [-0.39, 0.29) is 0 Å². The maximum Gasteiger partial charge on any atom is 0.187 e. The molecule has 0 radical (unpaired) electrons. The van der Waals surface area contributed by atoms with Crippen LogP contribution < -0.4 is 0 Å². The van der Waals surface area contributed by atoms with Gasteiger partial charge in [-0.15, -0.1) is 0 Å². The fraction of sp³-hybridized carbons (Fsp3) is 1.00. The highest BCUT2D eigenvalue weighted by Crippen LogP contribution is 2.34. The van der Waals surface area contributed by atoms with E-state index < -0.39 is 149 Å². The molecule has 0 aliphatic carbocycles. The first kappa shape index (κ1) is 37.0. The third-order valence-corrected chi connectivity index (χ3v) is 8.21. The van der Waals surface area contributed by atoms with E-state index in [1.165, 1.54) is 0 Å². The Labute approximate surface area is 254 Å². The quantitative estimate of drug-likeness (QED) is 0.103. The van der Waals surface area contributed by atoms with Crippen LogP contribution in [0.3, 0.4) is 0 Å². The minimum absolute atomic E-state index is 0.802. The van der Waals surface area contributed by atoms with Gasteiger partial charge < -0.3 is 105 Å². The van der Waals surface area contributed by atoms with Gasteiger partial charge in [0.1, 0.15) is 97.7 Å². The van der Waals surface area contributed by atoms with Crippen LogP contribution in [0.2, 0.25) is 0 Å². The molecule has 0 spiro atoms. The van der Waals surface area contributed by atoms with E-state index >= 15 is 0 Å². The fourth-order valence-electron chi connectivity index (χ4n) is 5.53. The zero-order valence-electron chi connectivity index (χ0n) is 23.5. The number of hydrogen-bond acceptors (Lipinski definition) is 21. The van der Waals surface area contributed by atoms with Gasteiger partial charge in [-0.25, -0.2) is 0 Å². The summed E-state index contributed by atoms with van der Waals surface area (Å²) in [5.41, 5.74) is 0. The lowest BCUT2D eigenvalue weighted by Gasteiger charge is -2.49. The summed E-state index contributed by atoms with van der Waals surface area (Å²) in [6.45, 7) is -3.42. The molecule has 4 aliphatic rings. The zero-order valence-corrected chi connectivity index (χ0v) is 23.5. The van der Waals surface area contributed by atoms with Crippen LogP contribution in [0.25, 0.3) is 0 Å². The lowest BCUT2D eigenvalue weighted by Crippen LogP contribution is -2.67. The molecule has 0 saturated carbocycles. The molecule has 4 saturated heterocycles. The molecular weight excluding hydrogens is 624 g/mol. The van der Waals surface area contributed by atoms with Crippen LogP contribution in [-0.2, 0) is 33.2 Å². The Morgan fingerprint density at radius 2 is 0.644 bits per heavy atom. The summed E-state index contributed by atoms with van der Waals surface area (Å²) >= 11 is 0. The number of hydrogen-bond donors (Lipinski definition) is 14. The average molecular weight is 667 g/mol. The predicted octanol–water partition coefficient (Wildman–Crippen LogP) is -9.75. The van der Waals surface area contributed by atoms with E-state index in [1.54, 1.807) is 0 Å². The van der Waals surface area contributed by atoms with Crippen molar-refractivity contribution in [3.05, 3.63) is 0 Å². The van der Waals surface area contributed by atoms with Crippen molar-refractivity contribution in [2.75, 3.05) is 26.4 Å². The molecule has 20 atom stereocenters. The Morgan fingerprint density at radius 3 is 1.02 bits per heavy atom. The van der Waals surface area contributed by atoms with Gasteiger partial charge in [0.25, 0.3) is 0 Å². The van der Waals surface area contributed by atoms with Crippen molar-refractivity contribution in [3.8, 4) is 0 Å². The summed E-state index contributed by atoms with van der Waals surface area (Å²) in [5.74, 6) is 0. The maximum atomic E-state index is 11.1. The van der Waals surface area contributed by atoms with Crippen LogP contribution in [0.1, 0.15) is 0 Å². The maximum absolute atomic E-state index is 11.1. The van der Waals surface area contributed by atoms with E-state index in [4.69, 9.17) is 33.2 Å². The molecule has 0 aromatic carbocycles. The van der Waals surface area contributed by atoms with Crippen molar-refractivity contribution in [2.45, 2.75) is 123 Å². The van der Waals surface area contributed by atoms with Crippen molar-refractivity contribution < 1.29 is 105 Å². The topological polar surface area (TPSA) is 348 Å². The minimum atomic E-state index is -2.05. The number of ether oxygens (including phenoxy) is 7. The number of rotatable bonds is 10. The van der Waals surface area contributed by atoms with Crippen molar-refractivity contribution in [1.29, 1.82) is 0 Å². The molecule has 4 fully saturated rings. The molecule has 4 aliphatic heterocycles. The van der Waals surface area contributed by atoms with Crippen molar-refractivity contribution >= 4 is 0 Å². The van der Waals surface area contributed by atoms with Gasteiger partial charge in [-0.3, -0.25) is 0 Å². The highest BCUT2D eigenvalue weighted by Gasteiger charge is 2.55. The lowest BCUT2D eigenvalue weighted by atomic mass is 9.95. The number of aliphatic hydroxyl groups is 14. The Hall–Kier alpha value is -0.840. The lowest BCUT2D eigenvalue weighted by molar-refractivity contribution is -0.389. The van der Waals surface area contributed by atoms with Crippen molar-refractivity contribution in [3.63, 3.8) is 0 Å². The van der Waals surface area contributed by atoms with Gasteiger partial charge in [0.05, 0.1) is 26.4 Å². The second kappa shape index (κ2) is 15.6. The molecular formula is C24H42O21. The van der Waals surface area contributed by atoms with Crippen LogP contribution in [0.15, 0.2) is 0 Å². The average Bonchev–Trinajstić information content (AvgIpc) is 3.02. The molecule has 21 nitrogen and oxygen atoms in total. The van der Waals surface area contributed by atoms with Crippen LogP contribution in [0, 0.1) is 0 Å². The van der Waals surface area contributed by atoms with E-state index in [1.807, 2.05) is 0 Å². The molecule has 0 aromatic rings. The largest absolute Gasteiger partial charge is 0.394 e. The molecule has 0 amide bonds. The first-order valence-electron chi connectivity index (χ1n) is 14.1. The minimum Gasteiger partial charge on any atom is -0.394 e. The monoisotopic (exact) mass is 666 g/mol. The third kappa shape index (κ3) is 7.44. The smallest absolute Gasteiger partial charge is 0.187 e. The highest BCUT2D eigenvalue weighted by molar-refractivity contribution is 4.97. The molecule has 4 rings (SSSR count). The summed E-state index contributed by atoms with van der Waals surface area (Å²) in [5, 5.41) is 143. The van der Waals surface area contributed by atoms with Crippen LogP contribution in [0.4, 0.5) is 0 Å². The van der Waals surface area contributed by atoms with Gasteiger partial charge >= 0.3 is 0 Å². The Balaban J connectivity index is 1.53. The summed E-state index contributed by atoms with van der Waals surface area (Å²) < 4.78 is 37.5. The van der Waals surface area contributed by atoms with E-state index in [0.29, 0.717) is 0 Å². The first-order chi connectivity index (χ1) is 21.3. The molecule has 0 bridgehead atoms. The molecule has 14 N–H and O–H groups in total. The predicted molar refractivity (Wildman–Crippen MR) is 134 cm³/mol. The Bertz CT molecular complexity index is 916.